The van der Waals surface area contributed by atoms with Crippen LogP contribution in [0.25, 0.3) is 39.1 Å². The number of benzene rings is 1. The van der Waals surface area contributed by atoms with Gasteiger partial charge in [-0.3, -0.25) is 9.20 Å². The molecule has 6 aromatic rings. The van der Waals surface area contributed by atoms with E-state index in [0.717, 1.165) is 10.6 Å². The molecule has 0 unspecified atom stereocenters. The smallest absolute Gasteiger partial charge is 0.266 e. The number of anilines is 1. The zero-order valence-electron chi connectivity index (χ0n) is 23.5. The van der Waals surface area contributed by atoms with E-state index in [0.29, 0.717) is 28.2 Å². The van der Waals surface area contributed by atoms with Crippen molar-refractivity contribution in [1.82, 2.24) is 34.1 Å². The van der Waals surface area contributed by atoms with Gasteiger partial charge in [-0.1, -0.05) is 12.1 Å². The predicted octanol–water partition coefficient (Wildman–Crippen LogP) is 4.94. The summed E-state index contributed by atoms with van der Waals surface area (Å²) in [5.74, 6) is -0.511. The fraction of sp³-hybridized carbons (Fsp3) is 0.103. The van der Waals surface area contributed by atoms with Gasteiger partial charge in [0.25, 0.3) is 5.56 Å². The van der Waals surface area contributed by atoms with Gasteiger partial charge in [-0.25, -0.2) is 33.4 Å². The molecule has 0 fully saturated rings. The molecule has 0 bridgehead atoms. The monoisotopic (exact) mass is 924 g/mol. The van der Waals surface area contributed by atoms with E-state index in [-0.39, 0.29) is 85.3 Å². The fourth-order valence-electron chi connectivity index (χ4n) is 4.57. The first-order valence-corrected chi connectivity index (χ1v) is 11.8. The number of aromatic nitrogens is 7. The maximum Gasteiger partial charge on any atom is 0.266 e. The second-order valence-corrected chi connectivity index (χ2v) is 8.78. The van der Waals surface area contributed by atoms with Gasteiger partial charge in [0.15, 0.2) is 5.65 Å². The number of nitrogen functional groups attached to an aromatic ring is 1. The van der Waals surface area contributed by atoms with Gasteiger partial charge in [-0.15, -0.1) is 0 Å². The minimum Gasteiger partial charge on any atom is -0.481 e. The SMILES string of the molecule is COc1ccc(-c2nn([C@H](C)c3nc4ccc(F)cn4c(=O)c3-c3cccc(F)c3)c3ncnc(N)c23)cn1.[CH3-].[CH3-].[W].[W]. The largest absolute Gasteiger partial charge is 0.481 e. The number of nitrogens with zero attached hydrogens (tertiary/aromatic N) is 7. The van der Waals surface area contributed by atoms with Gasteiger partial charge in [-0.2, -0.15) is 5.10 Å². The summed E-state index contributed by atoms with van der Waals surface area (Å²) in [4.78, 5) is 31.2. The van der Waals surface area contributed by atoms with Crippen LogP contribution in [0.1, 0.15) is 18.7 Å². The van der Waals surface area contributed by atoms with E-state index >= 15 is 0 Å². The molecule has 6 rings (SSSR count). The van der Waals surface area contributed by atoms with E-state index in [1.165, 1.54) is 43.8 Å². The number of hydrogen-bond acceptors (Lipinski definition) is 8. The quantitative estimate of drug-likeness (QED) is 0.242. The molecule has 2 N–H and O–H groups in total. The summed E-state index contributed by atoms with van der Waals surface area (Å²) in [6, 6.07) is 11.0. The molecule has 1 aromatic carbocycles. The van der Waals surface area contributed by atoms with E-state index in [1.54, 1.807) is 36.0 Å². The molecule has 10 nitrogen and oxygen atoms in total. The second kappa shape index (κ2) is 14.1. The molecule has 0 spiro atoms. The number of fused-ring (bicyclic) bond motifs is 2. The number of pyridine rings is 2. The number of hydrogen-bond donors (Lipinski definition) is 1. The van der Waals surface area contributed by atoms with Crippen molar-refractivity contribution in [3.63, 3.8) is 0 Å². The van der Waals surface area contributed by atoms with Crippen molar-refractivity contribution in [3.8, 4) is 28.3 Å². The number of methoxy groups -OCH3 is 1. The Morgan fingerprint density at radius 1 is 0.953 bits per heavy atom. The molecular formula is C29H26F2N8O2W2-2. The minimum atomic E-state index is -0.692. The molecule has 5 heterocycles. The zero-order valence-corrected chi connectivity index (χ0v) is 29.4. The number of rotatable bonds is 5. The molecule has 0 aliphatic rings. The van der Waals surface area contributed by atoms with Crippen LogP contribution in [-0.4, -0.2) is 41.2 Å². The van der Waals surface area contributed by atoms with Crippen LogP contribution in [0, 0.1) is 26.5 Å². The van der Waals surface area contributed by atoms with Crippen LogP contribution in [0.3, 0.4) is 0 Å². The normalized spacial score (nSPS) is 11.1. The van der Waals surface area contributed by atoms with Crippen molar-refractivity contribution in [2.75, 3.05) is 12.8 Å². The first kappa shape index (κ1) is 35.3. The van der Waals surface area contributed by atoms with Crippen molar-refractivity contribution in [1.29, 1.82) is 0 Å². The Balaban J connectivity index is 0.00000161. The van der Waals surface area contributed by atoms with Crippen LogP contribution in [0.4, 0.5) is 14.6 Å². The molecule has 0 amide bonds. The molecule has 0 saturated carbocycles. The van der Waals surface area contributed by atoms with Crippen LogP contribution < -0.4 is 16.0 Å². The van der Waals surface area contributed by atoms with Gasteiger partial charge in [0.2, 0.25) is 5.88 Å². The Morgan fingerprint density at radius 2 is 1.72 bits per heavy atom. The molecule has 222 valence electrons. The summed E-state index contributed by atoms with van der Waals surface area (Å²) in [6.45, 7) is 1.78. The molecule has 1 atom stereocenters. The van der Waals surface area contributed by atoms with Gasteiger partial charge in [0, 0.05) is 66.2 Å². The van der Waals surface area contributed by atoms with Crippen molar-refractivity contribution < 1.29 is 55.6 Å². The molecule has 0 aliphatic carbocycles. The third kappa shape index (κ3) is 6.26. The topological polar surface area (TPSA) is 126 Å². The van der Waals surface area contributed by atoms with Crippen LogP contribution in [0.15, 0.2) is 72.0 Å². The van der Waals surface area contributed by atoms with Crippen molar-refractivity contribution in [2.24, 2.45) is 0 Å². The standard InChI is InChI=1S/C27H20F2N8O2.2CH3.2W/c1-14(37-26-22(25(30)32-13-33-26)24(35-37)16-6-9-20(39-2)31-11-16)23-21(15-4-3-5-17(28)10-15)27(38)36-12-18(29)7-8-19(36)34-23;;;;/h3-14H,1-2H3,(H2,30,32,33);2*1H3;;/q;2*-1;;/t14-;;;;/m1..../s1. The molecule has 43 heavy (non-hydrogen) atoms. The van der Waals surface area contributed by atoms with E-state index < -0.39 is 23.2 Å². The maximum atomic E-state index is 14.3. The van der Waals surface area contributed by atoms with Crippen molar-refractivity contribution >= 4 is 22.5 Å². The fourth-order valence-corrected chi connectivity index (χ4v) is 4.57. The number of nitrogens with two attached hydrogens (primary N) is 1. The summed E-state index contributed by atoms with van der Waals surface area (Å²) in [6.07, 6.45) is 3.96. The van der Waals surface area contributed by atoms with E-state index in [9.17, 15) is 13.6 Å². The first-order valence-electron chi connectivity index (χ1n) is 11.8. The predicted molar refractivity (Wildman–Crippen MR) is 153 cm³/mol. The van der Waals surface area contributed by atoms with E-state index in [2.05, 4.69) is 15.0 Å². The van der Waals surface area contributed by atoms with Crippen LogP contribution in [0.2, 0.25) is 0 Å². The number of halogens is 2. The Bertz CT molecular complexity index is 1950. The van der Waals surface area contributed by atoms with Crippen LogP contribution in [-0.2, 0) is 42.1 Å². The van der Waals surface area contributed by atoms with Crippen molar-refractivity contribution in [3.05, 3.63) is 110 Å². The van der Waals surface area contributed by atoms with Gasteiger partial charge in [0.1, 0.15) is 35.1 Å². The average Bonchev–Trinajstić information content (AvgIpc) is 3.34. The van der Waals surface area contributed by atoms with Crippen LogP contribution >= 0.6 is 0 Å². The summed E-state index contributed by atoms with van der Waals surface area (Å²) in [5.41, 5.74) is 8.10. The van der Waals surface area contributed by atoms with Gasteiger partial charge in [-0.05, 0) is 42.8 Å². The van der Waals surface area contributed by atoms with E-state index in [1.807, 2.05) is 0 Å². The summed E-state index contributed by atoms with van der Waals surface area (Å²) >= 11 is 0. The summed E-state index contributed by atoms with van der Waals surface area (Å²) in [5, 5.41) is 5.29. The van der Waals surface area contributed by atoms with Gasteiger partial charge in [0.05, 0.1) is 29.8 Å². The molecule has 0 aliphatic heterocycles. The molecule has 0 saturated heterocycles. The maximum absolute atomic E-state index is 14.3. The zero-order chi connectivity index (χ0) is 27.3. The second-order valence-electron chi connectivity index (χ2n) is 8.78. The van der Waals surface area contributed by atoms with Gasteiger partial charge >= 0.3 is 0 Å². The molecule has 14 heteroatoms. The Hall–Kier alpha value is -3.88. The number of ether oxygens (including phenoxy) is 1. The Kier molecular flexibility index (Phi) is 11.5. The Morgan fingerprint density at radius 3 is 2.40 bits per heavy atom. The first-order chi connectivity index (χ1) is 18.9. The molecule has 5 aromatic heterocycles. The third-order valence-electron chi connectivity index (χ3n) is 6.43. The van der Waals surface area contributed by atoms with Crippen molar-refractivity contribution in [2.45, 2.75) is 13.0 Å². The minimum absolute atomic E-state index is 0. The van der Waals surface area contributed by atoms with Gasteiger partial charge < -0.3 is 25.3 Å². The van der Waals surface area contributed by atoms with E-state index in [4.69, 9.17) is 20.6 Å². The Labute approximate surface area is 274 Å². The molecule has 0 radical (unpaired) electrons. The summed E-state index contributed by atoms with van der Waals surface area (Å²) in [7, 11) is 1.52. The average molecular weight is 924 g/mol. The van der Waals surface area contributed by atoms with Crippen LogP contribution in [0.5, 0.6) is 5.88 Å². The third-order valence-corrected chi connectivity index (χ3v) is 6.43. The summed E-state index contributed by atoms with van der Waals surface area (Å²) < 4.78 is 36.2. The molecular weight excluding hydrogens is 898 g/mol.